The van der Waals surface area contributed by atoms with Crippen molar-refractivity contribution in [3.8, 4) is 0 Å². The molecule has 0 radical (unpaired) electrons. The summed E-state index contributed by atoms with van der Waals surface area (Å²) >= 11 is 1.20. The molecule has 0 unspecified atom stereocenters. The Bertz CT molecular complexity index is 763. The molecular formula is C18H20FNO3S. The molecule has 1 saturated heterocycles. The van der Waals surface area contributed by atoms with E-state index in [4.69, 9.17) is 4.74 Å². The van der Waals surface area contributed by atoms with E-state index in [2.05, 4.69) is 0 Å². The molecule has 0 N–H and O–H groups in total. The van der Waals surface area contributed by atoms with Gasteiger partial charge in [0.05, 0.1) is 0 Å². The lowest BCUT2D eigenvalue weighted by atomic mass is 10.1. The third-order valence-electron chi connectivity index (χ3n) is 4.37. The summed E-state index contributed by atoms with van der Waals surface area (Å²) in [5.74, 6) is -1.06. The number of benzene rings is 1. The van der Waals surface area contributed by atoms with E-state index in [1.165, 1.54) is 17.4 Å². The molecule has 0 aliphatic carbocycles. The molecule has 1 aliphatic heterocycles. The third kappa shape index (κ3) is 3.43. The maximum absolute atomic E-state index is 13.9. The molecule has 0 bridgehead atoms. The van der Waals surface area contributed by atoms with Crippen LogP contribution in [-0.4, -0.2) is 36.5 Å². The van der Waals surface area contributed by atoms with Crippen LogP contribution in [0, 0.1) is 12.7 Å². The molecule has 0 atom stereocenters. The van der Waals surface area contributed by atoms with Crippen LogP contribution in [-0.2, 0) is 9.53 Å². The average Bonchev–Trinajstić information content (AvgIpc) is 2.76. The van der Waals surface area contributed by atoms with Gasteiger partial charge in [-0.1, -0.05) is 18.9 Å². The van der Waals surface area contributed by atoms with Crippen molar-refractivity contribution in [3.63, 3.8) is 0 Å². The number of nitrogens with zero attached hydrogens (tertiary/aromatic N) is 1. The summed E-state index contributed by atoms with van der Waals surface area (Å²) in [4.78, 5) is 26.6. The summed E-state index contributed by atoms with van der Waals surface area (Å²) in [7, 11) is 0. The fourth-order valence-corrected chi connectivity index (χ4v) is 4.17. The van der Waals surface area contributed by atoms with E-state index in [1.807, 2.05) is 0 Å². The van der Waals surface area contributed by atoms with Crippen molar-refractivity contribution in [1.29, 1.82) is 0 Å². The van der Waals surface area contributed by atoms with Crippen LogP contribution in [0.1, 0.15) is 40.9 Å². The molecule has 1 amide bonds. The van der Waals surface area contributed by atoms with Crippen molar-refractivity contribution in [3.05, 3.63) is 34.5 Å². The molecule has 2 aromatic rings. The van der Waals surface area contributed by atoms with E-state index < -0.39 is 5.97 Å². The second-order valence-corrected chi connectivity index (χ2v) is 7.09. The van der Waals surface area contributed by atoms with Crippen LogP contribution in [0.4, 0.5) is 4.39 Å². The number of fused-ring (bicyclic) bond motifs is 1. The number of carbonyl (C=O) groups excluding carboxylic acids is 2. The van der Waals surface area contributed by atoms with Gasteiger partial charge in [0, 0.05) is 23.2 Å². The zero-order valence-electron chi connectivity index (χ0n) is 13.6. The first-order valence-electron chi connectivity index (χ1n) is 8.20. The van der Waals surface area contributed by atoms with Crippen LogP contribution in [0.2, 0.25) is 0 Å². The average molecular weight is 349 g/mol. The van der Waals surface area contributed by atoms with Crippen molar-refractivity contribution >= 4 is 33.3 Å². The fraction of sp³-hybridized carbons (Fsp3) is 0.444. The standard InChI is InChI=1S/C18H20FNO3S/c1-12-16-13(19)7-6-8-14(16)24-17(12)18(22)23-11-15(21)20-9-4-2-3-5-10-20/h6-8H,2-5,9-11H2,1H3. The number of carbonyl (C=O) groups is 2. The summed E-state index contributed by atoms with van der Waals surface area (Å²) in [6.45, 7) is 2.90. The molecule has 1 fully saturated rings. The minimum absolute atomic E-state index is 0.157. The first-order valence-corrected chi connectivity index (χ1v) is 9.02. The summed E-state index contributed by atoms with van der Waals surface area (Å²) in [5, 5.41) is 0.452. The molecule has 1 aliphatic rings. The number of ether oxygens (including phenoxy) is 1. The van der Waals surface area contributed by atoms with E-state index in [1.54, 1.807) is 24.0 Å². The molecular weight excluding hydrogens is 329 g/mol. The topological polar surface area (TPSA) is 46.6 Å². The highest BCUT2D eigenvalue weighted by molar-refractivity contribution is 7.21. The van der Waals surface area contributed by atoms with Crippen LogP contribution < -0.4 is 0 Å². The van der Waals surface area contributed by atoms with E-state index in [-0.39, 0.29) is 18.3 Å². The van der Waals surface area contributed by atoms with E-state index in [9.17, 15) is 14.0 Å². The lowest BCUT2D eigenvalue weighted by Gasteiger charge is -2.19. The summed E-state index contributed by atoms with van der Waals surface area (Å²) in [5.41, 5.74) is 0.570. The van der Waals surface area contributed by atoms with Gasteiger partial charge in [0.2, 0.25) is 0 Å². The third-order valence-corrected chi connectivity index (χ3v) is 5.61. The Morgan fingerprint density at radius 3 is 2.58 bits per heavy atom. The minimum atomic E-state index is -0.559. The van der Waals surface area contributed by atoms with Gasteiger partial charge in [-0.25, -0.2) is 9.18 Å². The number of rotatable bonds is 3. The van der Waals surface area contributed by atoms with Gasteiger partial charge in [0.15, 0.2) is 6.61 Å². The Hall–Kier alpha value is -1.95. The number of hydrogen-bond acceptors (Lipinski definition) is 4. The number of likely N-dealkylation sites (tertiary alicyclic amines) is 1. The number of esters is 1. The quantitative estimate of drug-likeness (QED) is 0.790. The first kappa shape index (κ1) is 16.9. The molecule has 6 heteroatoms. The number of hydrogen-bond donors (Lipinski definition) is 0. The molecule has 24 heavy (non-hydrogen) atoms. The molecule has 0 spiro atoms. The molecule has 2 heterocycles. The smallest absolute Gasteiger partial charge is 0.349 e. The Balaban J connectivity index is 1.68. The van der Waals surface area contributed by atoms with Crippen molar-refractivity contribution in [2.75, 3.05) is 19.7 Å². The van der Waals surface area contributed by atoms with E-state index >= 15 is 0 Å². The number of amides is 1. The minimum Gasteiger partial charge on any atom is -0.451 e. The van der Waals surface area contributed by atoms with Crippen molar-refractivity contribution in [2.24, 2.45) is 0 Å². The first-order chi connectivity index (χ1) is 11.6. The van der Waals surface area contributed by atoms with Gasteiger partial charge in [-0.15, -0.1) is 11.3 Å². The lowest BCUT2D eigenvalue weighted by Crippen LogP contribution is -2.35. The summed E-state index contributed by atoms with van der Waals surface area (Å²) < 4.78 is 19.8. The van der Waals surface area contributed by atoms with E-state index in [0.717, 1.165) is 38.8 Å². The normalized spacial score (nSPS) is 15.3. The van der Waals surface area contributed by atoms with Crippen molar-refractivity contribution in [2.45, 2.75) is 32.6 Å². The highest BCUT2D eigenvalue weighted by Crippen LogP contribution is 2.32. The summed E-state index contributed by atoms with van der Waals surface area (Å²) in [6, 6.07) is 4.76. The second kappa shape index (κ2) is 7.30. The van der Waals surface area contributed by atoms with Gasteiger partial charge in [0.25, 0.3) is 5.91 Å². The van der Waals surface area contributed by atoms with Crippen LogP contribution in [0.25, 0.3) is 10.1 Å². The van der Waals surface area contributed by atoms with Crippen LogP contribution >= 0.6 is 11.3 Å². The predicted molar refractivity (Wildman–Crippen MR) is 91.9 cm³/mol. The zero-order chi connectivity index (χ0) is 17.1. The van der Waals surface area contributed by atoms with Crippen molar-refractivity contribution < 1.29 is 18.7 Å². The number of halogens is 1. The fourth-order valence-electron chi connectivity index (χ4n) is 3.05. The molecule has 128 valence electrons. The SMILES string of the molecule is Cc1c(C(=O)OCC(=O)N2CCCCCC2)sc2cccc(F)c12. The molecule has 4 nitrogen and oxygen atoms in total. The van der Waals surface area contributed by atoms with Gasteiger partial charge >= 0.3 is 5.97 Å². The zero-order valence-corrected chi connectivity index (χ0v) is 14.5. The van der Waals surface area contributed by atoms with Crippen LogP contribution in [0.15, 0.2) is 18.2 Å². The van der Waals surface area contributed by atoms with Crippen LogP contribution in [0.5, 0.6) is 0 Å². The van der Waals surface area contributed by atoms with Gasteiger partial charge in [-0.3, -0.25) is 4.79 Å². The van der Waals surface area contributed by atoms with Gasteiger partial charge < -0.3 is 9.64 Å². The molecule has 1 aromatic carbocycles. The Labute approximate surface area is 144 Å². The molecule has 0 saturated carbocycles. The lowest BCUT2D eigenvalue weighted by molar-refractivity contribution is -0.134. The number of thiophene rings is 1. The Morgan fingerprint density at radius 1 is 1.21 bits per heavy atom. The predicted octanol–water partition coefficient (Wildman–Crippen LogP) is 3.91. The van der Waals surface area contributed by atoms with Crippen LogP contribution in [0.3, 0.4) is 0 Å². The Morgan fingerprint density at radius 2 is 1.92 bits per heavy atom. The Kier molecular flexibility index (Phi) is 5.14. The number of aryl methyl sites for hydroxylation is 1. The largest absolute Gasteiger partial charge is 0.451 e. The van der Waals surface area contributed by atoms with Crippen molar-refractivity contribution in [1.82, 2.24) is 4.90 Å². The maximum Gasteiger partial charge on any atom is 0.349 e. The highest BCUT2D eigenvalue weighted by atomic mass is 32.1. The van der Waals surface area contributed by atoms with Gasteiger partial charge in [-0.05, 0) is 37.5 Å². The van der Waals surface area contributed by atoms with E-state index in [0.29, 0.717) is 20.5 Å². The highest BCUT2D eigenvalue weighted by Gasteiger charge is 2.21. The monoisotopic (exact) mass is 349 g/mol. The summed E-state index contributed by atoms with van der Waals surface area (Å²) in [6.07, 6.45) is 4.26. The van der Waals surface area contributed by atoms with Gasteiger partial charge in [-0.2, -0.15) is 0 Å². The van der Waals surface area contributed by atoms with Gasteiger partial charge in [0.1, 0.15) is 10.7 Å². The second-order valence-electron chi connectivity index (χ2n) is 6.04. The molecule has 1 aromatic heterocycles. The maximum atomic E-state index is 13.9. The molecule has 3 rings (SSSR count).